The Kier molecular flexibility index (Phi) is 7.69. The first-order chi connectivity index (χ1) is 17.6. The van der Waals surface area contributed by atoms with Crippen LogP contribution in [0.2, 0.25) is 0 Å². The predicted octanol–water partition coefficient (Wildman–Crippen LogP) is 5.63. The largest absolute Gasteiger partial charge is 0.507 e. The van der Waals surface area contributed by atoms with E-state index in [0.29, 0.717) is 22.2 Å². The van der Waals surface area contributed by atoms with Gasteiger partial charge in [0.1, 0.15) is 5.75 Å². The van der Waals surface area contributed by atoms with Crippen LogP contribution < -0.4 is 10.9 Å². The minimum absolute atomic E-state index is 0.0517. The molecule has 1 heterocycles. The number of amides is 1. The number of rotatable bonds is 8. The van der Waals surface area contributed by atoms with Crippen LogP contribution in [0, 0.1) is 6.92 Å². The summed E-state index contributed by atoms with van der Waals surface area (Å²) in [6.07, 6.45) is 0. The molecule has 3 N–H and O–H groups in total. The summed E-state index contributed by atoms with van der Waals surface area (Å²) in [5.41, 5.74) is 10.6. The zero-order valence-electron chi connectivity index (χ0n) is 21.4. The summed E-state index contributed by atoms with van der Waals surface area (Å²) in [7, 11) is 0. The fourth-order valence-corrected chi connectivity index (χ4v) is 4.46. The van der Waals surface area contributed by atoms with E-state index in [4.69, 9.17) is 0 Å². The maximum absolute atomic E-state index is 12.6. The fourth-order valence-electron chi connectivity index (χ4n) is 3.70. The van der Waals surface area contributed by atoms with Crippen molar-refractivity contribution in [3.05, 3.63) is 96.1 Å². The number of thioether (sulfide) groups is 1. The maximum Gasteiger partial charge on any atom is 0.248 e. The Morgan fingerprint density at radius 2 is 1.65 bits per heavy atom. The SMILES string of the molecule is C=C(NNC(=O)CSc1nnc(-c2ccc(C(C)(C)C)cc2)n1-c1ccc(C)cc1)c1ccccc1O. The zero-order chi connectivity index (χ0) is 26.6. The van der Waals surface area contributed by atoms with Gasteiger partial charge in [0.15, 0.2) is 11.0 Å². The van der Waals surface area contributed by atoms with Crippen molar-refractivity contribution in [3.8, 4) is 22.8 Å². The molecule has 0 aliphatic rings. The lowest BCUT2D eigenvalue weighted by molar-refractivity contribution is -0.119. The first-order valence-electron chi connectivity index (χ1n) is 11.9. The van der Waals surface area contributed by atoms with Gasteiger partial charge in [-0.25, -0.2) is 0 Å². The number of phenols is 1. The molecule has 4 rings (SSSR count). The second kappa shape index (κ2) is 10.9. The Morgan fingerprint density at radius 1 is 0.973 bits per heavy atom. The maximum atomic E-state index is 12.6. The van der Waals surface area contributed by atoms with Gasteiger partial charge in [0.05, 0.1) is 11.4 Å². The molecule has 0 saturated carbocycles. The molecule has 7 nitrogen and oxygen atoms in total. The normalized spacial score (nSPS) is 11.2. The zero-order valence-corrected chi connectivity index (χ0v) is 22.3. The number of nitrogens with zero attached hydrogens (tertiary/aromatic N) is 3. The highest BCUT2D eigenvalue weighted by atomic mass is 32.2. The molecule has 0 unspecified atom stereocenters. The van der Waals surface area contributed by atoms with E-state index >= 15 is 0 Å². The van der Waals surface area contributed by atoms with Crippen LogP contribution in [0.1, 0.15) is 37.5 Å². The third-order valence-electron chi connectivity index (χ3n) is 5.85. The van der Waals surface area contributed by atoms with Gasteiger partial charge in [0, 0.05) is 16.8 Å². The molecule has 1 aromatic heterocycles. The van der Waals surface area contributed by atoms with Gasteiger partial charge >= 0.3 is 0 Å². The summed E-state index contributed by atoms with van der Waals surface area (Å²) in [4.78, 5) is 12.6. The van der Waals surface area contributed by atoms with Crippen LogP contribution in [-0.2, 0) is 10.2 Å². The molecule has 37 heavy (non-hydrogen) atoms. The van der Waals surface area contributed by atoms with Gasteiger partial charge in [0.2, 0.25) is 5.91 Å². The van der Waals surface area contributed by atoms with Crippen LogP contribution in [0.15, 0.2) is 84.5 Å². The van der Waals surface area contributed by atoms with E-state index in [1.165, 1.54) is 17.3 Å². The Labute approximate surface area is 221 Å². The summed E-state index contributed by atoms with van der Waals surface area (Å²) < 4.78 is 1.97. The summed E-state index contributed by atoms with van der Waals surface area (Å²) in [5, 5.41) is 19.5. The van der Waals surface area contributed by atoms with E-state index in [9.17, 15) is 9.90 Å². The number of aryl methyl sites for hydroxylation is 1. The molecule has 0 spiro atoms. The van der Waals surface area contributed by atoms with Crippen LogP contribution in [0.25, 0.3) is 22.8 Å². The lowest BCUT2D eigenvalue weighted by Crippen LogP contribution is -2.37. The van der Waals surface area contributed by atoms with Gasteiger partial charge in [-0.15, -0.1) is 10.2 Å². The van der Waals surface area contributed by atoms with Gasteiger partial charge in [-0.3, -0.25) is 20.2 Å². The monoisotopic (exact) mass is 513 g/mol. The van der Waals surface area contributed by atoms with Crippen LogP contribution in [0.5, 0.6) is 5.75 Å². The van der Waals surface area contributed by atoms with Crippen molar-refractivity contribution in [3.63, 3.8) is 0 Å². The molecule has 8 heteroatoms. The van der Waals surface area contributed by atoms with Crippen LogP contribution >= 0.6 is 11.8 Å². The van der Waals surface area contributed by atoms with E-state index in [2.05, 4.69) is 72.7 Å². The molecule has 0 aliphatic heterocycles. The second-order valence-corrected chi connectivity index (χ2v) is 10.7. The van der Waals surface area contributed by atoms with Crippen molar-refractivity contribution in [1.82, 2.24) is 25.6 Å². The van der Waals surface area contributed by atoms with Crippen molar-refractivity contribution in [1.29, 1.82) is 0 Å². The third-order valence-corrected chi connectivity index (χ3v) is 6.78. The van der Waals surface area contributed by atoms with Crippen LogP contribution in [0.4, 0.5) is 0 Å². The topological polar surface area (TPSA) is 92.1 Å². The van der Waals surface area contributed by atoms with E-state index in [1.54, 1.807) is 24.3 Å². The number of hydrogen-bond donors (Lipinski definition) is 3. The highest BCUT2D eigenvalue weighted by molar-refractivity contribution is 7.99. The van der Waals surface area contributed by atoms with Crippen molar-refractivity contribution >= 4 is 23.4 Å². The number of hydrazine groups is 1. The van der Waals surface area contributed by atoms with Gasteiger partial charge in [-0.05, 0) is 42.2 Å². The number of carbonyl (C=O) groups is 1. The minimum Gasteiger partial charge on any atom is -0.507 e. The number of phenolic OH excluding ortho intramolecular Hbond substituents is 1. The first-order valence-corrected chi connectivity index (χ1v) is 12.9. The van der Waals surface area contributed by atoms with Crippen LogP contribution in [-0.4, -0.2) is 31.5 Å². The third kappa shape index (κ3) is 6.21. The molecule has 0 saturated heterocycles. The Morgan fingerprint density at radius 3 is 2.30 bits per heavy atom. The van der Waals surface area contributed by atoms with Crippen molar-refractivity contribution in [2.24, 2.45) is 0 Å². The number of aromatic nitrogens is 3. The number of para-hydroxylation sites is 1. The number of nitrogens with one attached hydrogen (secondary N) is 2. The molecule has 0 fully saturated rings. The Hall–Kier alpha value is -4.04. The first kappa shape index (κ1) is 26.0. The lowest BCUT2D eigenvalue weighted by Gasteiger charge is -2.19. The van der Waals surface area contributed by atoms with Gasteiger partial charge in [-0.1, -0.05) is 93.2 Å². The second-order valence-electron chi connectivity index (χ2n) is 9.76. The quantitative estimate of drug-likeness (QED) is 0.209. The van der Waals surface area contributed by atoms with E-state index < -0.39 is 0 Å². The van der Waals surface area contributed by atoms with E-state index in [-0.39, 0.29) is 22.8 Å². The molecule has 4 aromatic rings. The Bertz CT molecular complexity index is 1400. The van der Waals surface area contributed by atoms with Gasteiger partial charge in [0.25, 0.3) is 0 Å². The molecule has 1 amide bonds. The summed E-state index contributed by atoms with van der Waals surface area (Å²) in [5.74, 6) is 0.626. The highest BCUT2D eigenvalue weighted by Crippen LogP contribution is 2.30. The summed E-state index contributed by atoms with van der Waals surface area (Å²) >= 11 is 1.29. The average Bonchev–Trinajstić information content (AvgIpc) is 3.30. The minimum atomic E-state index is -0.267. The molecule has 0 atom stereocenters. The van der Waals surface area contributed by atoms with Crippen LogP contribution in [0.3, 0.4) is 0 Å². The Balaban J connectivity index is 1.52. The number of hydrogen-bond acceptors (Lipinski definition) is 6. The van der Waals surface area contributed by atoms with Gasteiger partial charge < -0.3 is 5.11 Å². The average molecular weight is 514 g/mol. The fraction of sp³-hybridized carbons (Fsp3) is 0.207. The summed E-state index contributed by atoms with van der Waals surface area (Å²) in [6, 6.07) is 23.3. The van der Waals surface area contributed by atoms with Gasteiger partial charge in [-0.2, -0.15) is 0 Å². The van der Waals surface area contributed by atoms with Crippen molar-refractivity contribution < 1.29 is 9.90 Å². The molecule has 0 radical (unpaired) electrons. The van der Waals surface area contributed by atoms with E-state index in [0.717, 1.165) is 16.8 Å². The lowest BCUT2D eigenvalue weighted by atomic mass is 9.87. The van der Waals surface area contributed by atoms with Crippen molar-refractivity contribution in [2.75, 3.05) is 5.75 Å². The molecule has 190 valence electrons. The number of carbonyl (C=O) groups excluding carboxylic acids is 1. The smallest absolute Gasteiger partial charge is 0.248 e. The van der Waals surface area contributed by atoms with E-state index in [1.807, 2.05) is 35.8 Å². The number of benzene rings is 3. The molecule has 0 bridgehead atoms. The predicted molar refractivity (Wildman–Crippen MR) is 149 cm³/mol. The van der Waals surface area contributed by atoms with Crippen molar-refractivity contribution in [2.45, 2.75) is 38.3 Å². The highest BCUT2D eigenvalue weighted by Gasteiger charge is 2.19. The number of aromatic hydroxyl groups is 1. The standard InChI is InChI=1S/C29H31N5O2S/c1-19-10-16-23(17-11-19)34-27(21-12-14-22(15-13-21)29(3,4)5)32-33-28(34)37-18-26(36)31-30-20(2)24-8-6-7-9-25(24)35/h6-17,30,35H,2,18H2,1,3-5H3,(H,31,36). The summed E-state index contributed by atoms with van der Waals surface area (Å²) in [6.45, 7) is 12.5. The molecular weight excluding hydrogens is 482 g/mol. The molecule has 0 aliphatic carbocycles. The molecular formula is C29H31N5O2S. The molecule has 3 aromatic carbocycles.